The summed E-state index contributed by atoms with van der Waals surface area (Å²) < 4.78 is 5.73. The summed E-state index contributed by atoms with van der Waals surface area (Å²) in [5, 5.41) is 3.61. The van der Waals surface area contributed by atoms with Crippen molar-refractivity contribution < 1.29 is 14.3 Å². The topological polar surface area (TPSA) is 61.9 Å². The molecule has 2 fully saturated rings. The first-order valence-corrected chi connectivity index (χ1v) is 9.69. The molecule has 2 aliphatic rings. The first-order valence-electron chi connectivity index (χ1n) is 9.32. The minimum absolute atomic E-state index is 0. The molecule has 1 atom stereocenters. The van der Waals surface area contributed by atoms with E-state index < -0.39 is 0 Å². The molecule has 0 aromatic heterocycles. The van der Waals surface area contributed by atoms with Crippen LogP contribution < -0.4 is 10.1 Å². The van der Waals surface area contributed by atoms with E-state index in [0.29, 0.717) is 49.1 Å². The van der Waals surface area contributed by atoms with Crippen LogP contribution in [0.5, 0.6) is 5.75 Å². The molecule has 2 amide bonds. The van der Waals surface area contributed by atoms with E-state index in [4.69, 9.17) is 16.3 Å². The Morgan fingerprint density at radius 1 is 1.37 bits per heavy atom. The van der Waals surface area contributed by atoms with Gasteiger partial charge in [0.15, 0.2) is 0 Å². The van der Waals surface area contributed by atoms with Gasteiger partial charge in [-0.15, -0.1) is 12.4 Å². The number of benzene rings is 1. The van der Waals surface area contributed by atoms with Gasteiger partial charge in [-0.3, -0.25) is 9.59 Å². The number of carbonyl (C=O) groups excluding carboxylic acids is 2. The van der Waals surface area contributed by atoms with Crippen LogP contribution in [0, 0.1) is 0 Å². The summed E-state index contributed by atoms with van der Waals surface area (Å²) in [4.78, 5) is 29.0. The zero-order valence-corrected chi connectivity index (χ0v) is 17.2. The molecule has 8 heteroatoms. The lowest BCUT2D eigenvalue weighted by Crippen LogP contribution is -2.57. The van der Waals surface area contributed by atoms with Gasteiger partial charge in [0.2, 0.25) is 5.91 Å². The van der Waals surface area contributed by atoms with Crippen LogP contribution in [-0.4, -0.2) is 67.0 Å². The van der Waals surface area contributed by atoms with Crippen molar-refractivity contribution in [2.75, 3.05) is 39.3 Å². The van der Waals surface area contributed by atoms with Gasteiger partial charge in [0.1, 0.15) is 5.75 Å². The van der Waals surface area contributed by atoms with Crippen molar-refractivity contribution in [1.82, 2.24) is 15.1 Å². The number of nitrogens with zero attached hydrogens (tertiary/aromatic N) is 2. The van der Waals surface area contributed by atoms with Crippen LogP contribution in [0.2, 0.25) is 5.02 Å². The molecule has 2 saturated heterocycles. The maximum absolute atomic E-state index is 13.1. The third-order valence-electron chi connectivity index (χ3n) is 4.88. The van der Waals surface area contributed by atoms with E-state index in [1.807, 2.05) is 16.7 Å². The molecule has 2 aliphatic heterocycles. The number of amides is 2. The van der Waals surface area contributed by atoms with Gasteiger partial charge < -0.3 is 19.9 Å². The number of ether oxygens (including phenoxy) is 1. The zero-order chi connectivity index (χ0) is 18.5. The highest BCUT2D eigenvalue weighted by Crippen LogP contribution is 2.27. The Balaban J connectivity index is 0.00000261. The van der Waals surface area contributed by atoms with Crippen LogP contribution in [0.1, 0.15) is 36.5 Å². The SMILES string of the molecule is CCCOc1ccc(Cl)cc1C(=O)N1CCCC(N2CCNCC2=O)C1.Cl. The molecule has 0 bridgehead atoms. The number of nitrogens with one attached hydrogen (secondary N) is 1. The molecule has 1 N–H and O–H groups in total. The second-order valence-electron chi connectivity index (χ2n) is 6.80. The van der Waals surface area contributed by atoms with Gasteiger partial charge in [-0.25, -0.2) is 0 Å². The Labute approximate surface area is 171 Å². The number of hydrogen-bond acceptors (Lipinski definition) is 4. The first kappa shape index (κ1) is 21.8. The van der Waals surface area contributed by atoms with Crippen LogP contribution in [0.4, 0.5) is 0 Å². The van der Waals surface area contributed by atoms with Gasteiger partial charge in [-0.2, -0.15) is 0 Å². The minimum atomic E-state index is -0.0779. The van der Waals surface area contributed by atoms with Gasteiger partial charge in [-0.1, -0.05) is 18.5 Å². The van der Waals surface area contributed by atoms with Crippen LogP contribution in [0.3, 0.4) is 0 Å². The average molecular weight is 416 g/mol. The molecule has 1 unspecified atom stereocenters. The molecule has 2 heterocycles. The van der Waals surface area contributed by atoms with Crippen LogP contribution in [0.25, 0.3) is 0 Å². The molecule has 0 radical (unpaired) electrons. The molecule has 0 aliphatic carbocycles. The summed E-state index contributed by atoms with van der Waals surface area (Å²) >= 11 is 6.12. The van der Waals surface area contributed by atoms with Gasteiger partial charge in [0.25, 0.3) is 5.91 Å². The number of hydrogen-bond donors (Lipinski definition) is 1. The second kappa shape index (κ2) is 10.2. The summed E-state index contributed by atoms with van der Waals surface area (Å²) in [6.07, 6.45) is 2.69. The number of halogens is 2. The number of carbonyl (C=O) groups is 2. The van der Waals surface area contributed by atoms with E-state index in [0.717, 1.165) is 25.8 Å². The lowest BCUT2D eigenvalue weighted by molar-refractivity contribution is -0.135. The summed E-state index contributed by atoms with van der Waals surface area (Å²) in [5.74, 6) is 0.609. The first-order chi connectivity index (χ1) is 12.6. The van der Waals surface area contributed by atoms with E-state index in [-0.39, 0.29) is 30.3 Å². The number of rotatable bonds is 5. The van der Waals surface area contributed by atoms with Crippen molar-refractivity contribution in [2.24, 2.45) is 0 Å². The fourth-order valence-corrected chi connectivity index (χ4v) is 3.75. The Kier molecular flexibility index (Phi) is 8.20. The highest BCUT2D eigenvalue weighted by Gasteiger charge is 2.32. The molecule has 150 valence electrons. The fraction of sp³-hybridized carbons (Fsp3) is 0.579. The highest BCUT2D eigenvalue weighted by molar-refractivity contribution is 6.31. The zero-order valence-electron chi connectivity index (χ0n) is 15.6. The second-order valence-corrected chi connectivity index (χ2v) is 7.24. The largest absolute Gasteiger partial charge is 0.493 e. The van der Waals surface area contributed by atoms with Crippen molar-refractivity contribution in [3.63, 3.8) is 0 Å². The Morgan fingerprint density at radius 3 is 2.93 bits per heavy atom. The van der Waals surface area contributed by atoms with E-state index in [1.54, 1.807) is 18.2 Å². The predicted octanol–water partition coefficient (Wildman–Crippen LogP) is 2.59. The summed E-state index contributed by atoms with van der Waals surface area (Å²) in [6, 6.07) is 5.25. The molecule has 0 spiro atoms. The fourth-order valence-electron chi connectivity index (χ4n) is 3.58. The monoisotopic (exact) mass is 415 g/mol. The molecule has 27 heavy (non-hydrogen) atoms. The van der Waals surface area contributed by atoms with Gasteiger partial charge >= 0.3 is 0 Å². The third-order valence-corrected chi connectivity index (χ3v) is 5.12. The maximum Gasteiger partial charge on any atom is 0.257 e. The molecule has 6 nitrogen and oxygen atoms in total. The van der Waals surface area contributed by atoms with Gasteiger partial charge in [0.05, 0.1) is 18.7 Å². The molecule has 3 rings (SSSR count). The van der Waals surface area contributed by atoms with Gasteiger partial charge in [-0.05, 0) is 37.5 Å². The number of likely N-dealkylation sites (tertiary alicyclic amines) is 1. The number of piperazine rings is 1. The average Bonchev–Trinajstić information content (AvgIpc) is 2.67. The number of piperidine rings is 1. The van der Waals surface area contributed by atoms with E-state index in [2.05, 4.69) is 5.32 Å². The standard InChI is InChI=1S/C19H26ClN3O3.ClH/c1-2-10-26-17-6-5-14(20)11-16(17)19(25)22-8-3-4-15(13-22)23-9-7-21-12-18(23)24;/h5-6,11,15,21H,2-4,7-10,12-13H2,1H3;1H. The Morgan fingerprint density at radius 2 is 2.19 bits per heavy atom. The van der Waals surface area contributed by atoms with Crippen molar-refractivity contribution in [1.29, 1.82) is 0 Å². The maximum atomic E-state index is 13.1. The molecule has 1 aromatic carbocycles. The normalized spacial score (nSPS) is 20.2. The van der Waals surface area contributed by atoms with Crippen molar-refractivity contribution in [3.05, 3.63) is 28.8 Å². The predicted molar refractivity (Wildman–Crippen MR) is 108 cm³/mol. The minimum Gasteiger partial charge on any atom is -0.493 e. The van der Waals surface area contributed by atoms with Crippen LogP contribution in [0.15, 0.2) is 18.2 Å². The molecular formula is C19H27Cl2N3O3. The van der Waals surface area contributed by atoms with Crippen LogP contribution >= 0.6 is 24.0 Å². The lowest BCUT2D eigenvalue weighted by Gasteiger charge is -2.41. The Bertz CT molecular complexity index is 672. The highest BCUT2D eigenvalue weighted by atomic mass is 35.5. The molecule has 1 aromatic rings. The third kappa shape index (κ3) is 5.27. The summed E-state index contributed by atoms with van der Waals surface area (Å²) in [5.41, 5.74) is 0.498. The van der Waals surface area contributed by atoms with Crippen molar-refractivity contribution in [3.8, 4) is 5.75 Å². The summed E-state index contributed by atoms with van der Waals surface area (Å²) in [7, 11) is 0. The summed E-state index contributed by atoms with van der Waals surface area (Å²) in [6.45, 7) is 5.72. The molecular weight excluding hydrogens is 389 g/mol. The van der Waals surface area contributed by atoms with E-state index in [1.165, 1.54) is 0 Å². The van der Waals surface area contributed by atoms with Crippen molar-refractivity contribution >= 4 is 35.8 Å². The molecule has 0 saturated carbocycles. The Hall–Kier alpha value is -1.50. The quantitative estimate of drug-likeness (QED) is 0.802. The van der Waals surface area contributed by atoms with Gasteiger partial charge in [0, 0.05) is 37.2 Å². The lowest BCUT2D eigenvalue weighted by atomic mass is 10.0. The van der Waals surface area contributed by atoms with E-state index >= 15 is 0 Å². The smallest absolute Gasteiger partial charge is 0.257 e. The van der Waals surface area contributed by atoms with Crippen molar-refractivity contribution in [2.45, 2.75) is 32.2 Å². The van der Waals surface area contributed by atoms with Crippen LogP contribution in [-0.2, 0) is 4.79 Å². The van der Waals surface area contributed by atoms with E-state index in [9.17, 15) is 9.59 Å².